The van der Waals surface area contributed by atoms with E-state index >= 15 is 0 Å². The molecule has 0 unspecified atom stereocenters. The van der Waals surface area contributed by atoms with Gasteiger partial charge < -0.3 is 5.11 Å². The van der Waals surface area contributed by atoms with Crippen molar-refractivity contribution in [2.45, 2.75) is 19.3 Å². The predicted octanol–water partition coefficient (Wildman–Crippen LogP) is 0.307. The van der Waals surface area contributed by atoms with E-state index in [0.717, 1.165) is 0 Å². The molecule has 13 heavy (non-hydrogen) atoms. The zero-order valence-electron chi connectivity index (χ0n) is 7.50. The second-order valence-corrected chi connectivity index (χ2v) is 4.99. The van der Waals surface area contributed by atoms with Gasteiger partial charge in [-0.15, -0.1) is 11.6 Å². The monoisotopic (exact) mass is 229 g/mol. The van der Waals surface area contributed by atoms with E-state index in [9.17, 15) is 8.42 Å². The lowest BCUT2D eigenvalue weighted by Crippen LogP contribution is -2.27. The molecule has 80 valence electrons. The van der Waals surface area contributed by atoms with Crippen molar-refractivity contribution in [1.29, 1.82) is 0 Å². The van der Waals surface area contributed by atoms with Gasteiger partial charge in [0.15, 0.2) is 0 Å². The molecule has 0 atom stereocenters. The molecule has 0 aliphatic heterocycles. The fourth-order valence-electron chi connectivity index (χ4n) is 0.765. The number of sulfonamides is 1. The Kier molecular flexibility index (Phi) is 7.65. The summed E-state index contributed by atoms with van der Waals surface area (Å²) in [5.74, 6) is 0.608. The molecule has 0 bridgehead atoms. The van der Waals surface area contributed by atoms with E-state index < -0.39 is 10.0 Å². The zero-order chi connectivity index (χ0) is 10.2. The Morgan fingerprint density at radius 3 is 2.46 bits per heavy atom. The van der Waals surface area contributed by atoms with Gasteiger partial charge in [0, 0.05) is 19.0 Å². The van der Waals surface area contributed by atoms with Crippen LogP contribution >= 0.6 is 11.6 Å². The largest absolute Gasteiger partial charge is 0.396 e. The van der Waals surface area contributed by atoms with Gasteiger partial charge >= 0.3 is 0 Å². The standard InChI is InChI=1S/C7H16ClNO3S/c8-4-1-2-7-13(11,12)9-5-3-6-10/h9-10H,1-7H2. The van der Waals surface area contributed by atoms with Gasteiger partial charge in [0.1, 0.15) is 0 Å². The molecule has 0 amide bonds. The number of rotatable bonds is 8. The average molecular weight is 230 g/mol. The first-order chi connectivity index (χ1) is 6.12. The number of aliphatic hydroxyl groups is 1. The Bertz CT molecular complexity index is 190. The quantitative estimate of drug-likeness (QED) is 0.465. The Labute approximate surface area is 84.3 Å². The van der Waals surface area contributed by atoms with Gasteiger partial charge in [-0.1, -0.05) is 0 Å². The van der Waals surface area contributed by atoms with Crippen LogP contribution in [0.4, 0.5) is 0 Å². The molecule has 0 saturated heterocycles. The van der Waals surface area contributed by atoms with Crippen LogP contribution in [0, 0.1) is 0 Å². The topological polar surface area (TPSA) is 66.4 Å². The highest BCUT2D eigenvalue weighted by molar-refractivity contribution is 7.89. The summed E-state index contributed by atoms with van der Waals surface area (Å²) in [7, 11) is -3.15. The van der Waals surface area contributed by atoms with Gasteiger partial charge in [0.2, 0.25) is 10.0 Å². The lowest BCUT2D eigenvalue weighted by Gasteiger charge is -2.04. The summed E-state index contributed by atoms with van der Waals surface area (Å²) >= 11 is 5.41. The van der Waals surface area contributed by atoms with E-state index in [-0.39, 0.29) is 12.4 Å². The van der Waals surface area contributed by atoms with Gasteiger partial charge in [-0.25, -0.2) is 13.1 Å². The fourth-order valence-corrected chi connectivity index (χ4v) is 2.14. The van der Waals surface area contributed by atoms with Crippen LogP contribution in [0.15, 0.2) is 0 Å². The second kappa shape index (κ2) is 7.55. The van der Waals surface area contributed by atoms with E-state index in [1.54, 1.807) is 0 Å². The second-order valence-electron chi connectivity index (χ2n) is 2.69. The summed E-state index contributed by atoms with van der Waals surface area (Å²) < 4.78 is 24.7. The van der Waals surface area contributed by atoms with Gasteiger partial charge in [0.05, 0.1) is 5.75 Å². The van der Waals surface area contributed by atoms with Crippen molar-refractivity contribution in [3.8, 4) is 0 Å². The molecule has 6 heteroatoms. The third-order valence-electron chi connectivity index (χ3n) is 1.45. The zero-order valence-corrected chi connectivity index (χ0v) is 9.07. The first-order valence-corrected chi connectivity index (χ1v) is 6.45. The molecule has 0 aliphatic carbocycles. The summed E-state index contributed by atoms with van der Waals surface area (Å²) in [6.07, 6.45) is 1.75. The first kappa shape index (κ1) is 13.2. The van der Waals surface area contributed by atoms with Crippen LogP contribution in [0.25, 0.3) is 0 Å². The highest BCUT2D eigenvalue weighted by Gasteiger charge is 2.07. The van der Waals surface area contributed by atoms with Crippen molar-refractivity contribution < 1.29 is 13.5 Å². The summed E-state index contributed by atoms with van der Waals surface area (Å²) in [6, 6.07) is 0. The van der Waals surface area contributed by atoms with E-state index in [2.05, 4.69) is 4.72 Å². The van der Waals surface area contributed by atoms with Gasteiger partial charge in [-0.2, -0.15) is 0 Å². The smallest absolute Gasteiger partial charge is 0.211 e. The molecule has 0 fully saturated rings. The maximum atomic E-state index is 11.1. The Hall–Kier alpha value is 0.160. The summed E-state index contributed by atoms with van der Waals surface area (Å²) in [4.78, 5) is 0. The minimum Gasteiger partial charge on any atom is -0.396 e. The molecule has 2 N–H and O–H groups in total. The van der Waals surface area contributed by atoms with Crippen LogP contribution in [-0.4, -0.2) is 38.3 Å². The van der Waals surface area contributed by atoms with Crippen LogP contribution in [0.1, 0.15) is 19.3 Å². The maximum absolute atomic E-state index is 11.1. The van der Waals surface area contributed by atoms with Crippen LogP contribution < -0.4 is 4.72 Å². The van der Waals surface area contributed by atoms with Crippen molar-refractivity contribution in [1.82, 2.24) is 4.72 Å². The minimum absolute atomic E-state index is 0.00417. The molecule has 0 heterocycles. The molecular weight excluding hydrogens is 214 g/mol. The van der Waals surface area contributed by atoms with Crippen molar-refractivity contribution in [3.05, 3.63) is 0 Å². The third kappa shape index (κ3) is 8.49. The van der Waals surface area contributed by atoms with Gasteiger partial charge in [-0.05, 0) is 19.3 Å². The number of unbranched alkanes of at least 4 members (excludes halogenated alkanes) is 1. The Morgan fingerprint density at radius 2 is 1.92 bits per heavy atom. The van der Waals surface area contributed by atoms with Crippen LogP contribution in [0.5, 0.6) is 0 Å². The third-order valence-corrected chi connectivity index (χ3v) is 3.19. The molecule has 0 radical (unpaired) electrons. The molecule has 0 rings (SSSR count). The predicted molar refractivity (Wildman–Crippen MR) is 53.4 cm³/mol. The molecule has 0 aromatic rings. The van der Waals surface area contributed by atoms with Crippen molar-refractivity contribution >= 4 is 21.6 Å². The van der Waals surface area contributed by atoms with Crippen LogP contribution in [0.2, 0.25) is 0 Å². The molecule has 4 nitrogen and oxygen atoms in total. The summed E-state index contributed by atoms with van der Waals surface area (Å²) in [6.45, 7) is 0.309. The van der Waals surface area contributed by atoms with Gasteiger partial charge in [0.25, 0.3) is 0 Å². The highest BCUT2D eigenvalue weighted by atomic mass is 35.5. The van der Waals surface area contributed by atoms with Crippen molar-refractivity contribution in [2.75, 3.05) is 24.8 Å². The number of hydrogen-bond acceptors (Lipinski definition) is 3. The average Bonchev–Trinajstić information content (AvgIpc) is 2.05. The molecular formula is C7H16ClNO3S. The number of hydrogen-bond donors (Lipinski definition) is 2. The lowest BCUT2D eigenvalue weighted by atomic mass is 10.4. The van der Waals surface area contributed by atoms with Crippen LogP contribution in [0.3, 0.4) is 0 Å². The van der Waals surface area contributed by atoms with E-state index in [1.807, 2.05) is 0 Å². The first-order valence-electron chi connectivity index (χ1n) is 4.26. The highest BCUT2D eigenvalue weighted by Crippen LogP contribution is 1.96. The summed E-state index contributed by atoms with van der Waals surface area (Å²) in [5, 5.41) is 8.42. The number of alkyl halides is 1. The van der Waals surface area contributed by atoms with E-state index in [0.29, 0.717) is 31.7 Å². The molecule has 0 spiro atoms. The lowest BCUT2D eigenvalue weighted by molar-refractivity contribution is 0.289. The van der Waals surface area contributed by atoms with E-state index in [1.165, 1.54) is 0 Å². The number of nitrogens with one attached hydrogen (secondary N) is 1. The number of halogens is 1. The van der Waals surface area contributed by atoms with E-state index in [4.69, 9.17) is 16.7 Å². The van der Waals surface area contributed by atoms with Gasteiger partial charge in [-0.3, -0.25) is 0 Å². The molecule has 0 aromatic heterocycles. The SMILES string of the molecule is O=S(=O)(CCCCCl)NCCCO. The van der Waals surface area contributed by atoms with Crippen LogP contribution in [-0.2, 0) is 10.0 Å². The Balaban J connectivity index is 3.55. The van der Waals surface area contributed by atoms with Crippen molar-refractivity contribution in [3.63, 3.8) is 0 Å². The Morgan fingerprint density at radius 1 is 1.23 bits per heavy atom. The number of aliphatic hydroxyl groups excluding tert-OH is 1. The molecule has 0 aliphatic rings. The van der Waals surface area contributed by atoms with Crippen molar-refractivity contribution in [2.24, 2.45) is 0 Å². The molecule has 0 saturated carbocycles. The fraction of sp³-hybridized carbons (Fsp3) is 1.00. The molecule has 0 aromatic carbocycles. The minimum atomic E-state index is -3.15. The summed E-state index contributed by atoms with van der Waals surface area (Å²) in [5.41, 5.74) is 0. The maximum Gasteiger partial charge on any atom is 0.211 e. The normalized spacial score (nSPS) is 11.8.